The molecule has 0 aromatic heterocycles. The second kappa shape index (κ2) is 12.0. The van der Waals surface area contributed by atoms with Gasteiger partial charge in [0.25, 0.3) is 5.91 Å². The summed E-state index contributed by atoms with van der Waals surface area (Å²) in [5.41, 5.74) is 1.52. The molecule has 1 heterocycles. The van der Waals surface area contributed by atoms with Crippen LogP contribution in [0.15, 0.2) is 53.0 Å². The molecule has 1 aromatic rings. The highest BCUT2D eigenvalue weighted by molar-refractivity contribution is 7.97. The Morgan fingerprint density at radius 1 is 1.03 bits per heavy atom. The molecule has 1 aliphatic heterocycles. The maximum absolute atomic E-state index is 12.3. The first-order chi connectivity index (χ1) is 15.0. The maximum atomic E-state index is 12.3. The molecular weight excluding hydrogens is 414 g/mol. The van der Waals surface area contributed by atoms with Crippen molar-refractivity contribution >= 4 is 23.8 Å². The average molecular weight is 446 g/mol. The molecule has 1 saturated heterocycles. The summed E-state index contributed by atoms with van der Waals surface area (Å²) in [6, 6.07) is 7.31. The highest BCUT2D eigenvalue weighted by Crippen LogP contribution is 2.26. The Bertz CT molecular complexity index is 804. The molecule has 0 spiro atoms. The van der Waals surface area contributed by atoms with E-state index in [2.05, 4.69) is 27.1 Å². The van der Waals surface area contributed by atoms with Gasteiger partial charge in [-0.25, -0.2) is 4.31 Å². The molecule has 2 unspecified atom stereocenters. The first kappa shape index (κ1) is 23.5. The predicted octanol–water partition coefficient (Wildman–Crippen LogP) is 2.02. The van der Waals surface area contributed by atoms with Gasteiger partial charge in [0.15, 0.2) is 0 Å². The minimum Gasteiger partial charge on any atom is -0.390 e. The van der Waals surface area contributed by atoms with Gasteiger partial charge in [0, 0.05) is 36.6 Å². The zero-order valence-electron chi connectivity index (χ0n) is 17.6. The quantitative estimate of drug-likeness (QED) is 0.411. The van der Waals surface area contributed by atoms with Gasteiger partial charge in [-0.3, -0.25) is 9.59 Å². The molecular formula is C23H31N3O4S. The Balaban J connectivity index is 1.36. The molecule has 8 heteroatoms. The lowest BCUT2D eigenvalue weighted by Crippen LogP contribution is -2.41. The second-order valence-electron chi connectivity index (χ2n) is 7.84. The van der Waals surface area contributed by atoms with Gasteiger partial charge < -0.3 is 20.8 Å². The van der Waals surface area contributed by atoms with Gasteiger partial charge in [0.1, 0.15) is 0 Å². The van der Waals surface area contributed by atoms with Gasteiger partial charge >= 0.3 is 0 Å². The summed E-state index contributed by atoms with van der Waals surface area (Å²) >= 11 is 1.70. The van der Waals surface area contributed by atoms with Crippen molar-refractivity contribution in [3.05, 3.63) is 53.6 Å². The van der Waals surface area contributed by atoms with Crippen LogP contribution in [0.3, 0.4) is 0 Å². The van der Waals surface area contributed by atoms with E-state index < -0.39 is 12.2 Å². The van der Waals surface area contributed by atoms with Crippen LogP contribution in [0.25, 0.3) is 0 Å². The van der Waals surface area contributed by atoms with Gasteiger partial charge in [-0.15, -0.1) is 0 Å². The van der Waals surface area contributed by atoms with Crippen LogP contribution in [0.2, 0.25) is 0 Å². The fourth-order valence-electron chi connectivity index (χ4n) is 3.43. The Hall–Kier alpha value is -2.13. The monoisotopic (exact) mass is 445 g/mol. The summed E-state index contributed by atoms with van der Waals surface area (Å²) in [5, 5.41) is 25.5. The SMILES string of the molecule is O=C(CC(O)C(O)CNC(=O)c1ccc(SN2CCCC2)cc1)NCC1=CCCC=C1. The first-order valence-electron chi connectivity index (χ1n) is 10.8. The van der Waals surface area contributed by atoms with Gasteiger partial charge in [0.05, 0.1) is 18.6 Å². The van der Waals surface area contributed by atoms with Crippen LogP contribution in [0.5, 0.6) is 0 Å². The molecule has 2 aliphatic rings. The van der Waals surface area contributed by atoms with Gasteiger partial charge in [-0.05, 0) is 67.5 Å². The minimum atomic E-state index is -1.25. The second-order valence-corrected chi connectivity index (χ2v) is 9.01. The molecule has 0 bridgehead atoms. The van der Waals surface area contributed by atoms with E-state index in [1.165, 1.54) is 12.8 Å². The van der Waals surface area contributed by atoms with Crippen molar-refractivity contribution in [2.24, 2.45) is 0 Å². The molecule has 1 aromatic carbocycles. The number of benzene rings is 1. The number of carbonyl (C=O) groups excluding carboxylic acids is 2. The fourth-order valence-corrected chi connectivity index (χ4v) is 4.43. The van der Waals surface area contributed by atoms with Crippen LogP contribution in [0.1, 0.15) is 42.5 Å². The van der Waals surface area contributed by atoms with Crippen LogP contribution < -0.4 is 10.6 Å². The molecule has 3 rings (SSSR count). The van der Waals surface area contributed by atoms with E-state index in [0.717, 1.165) is 36.4 Å². The molecule has 0 radical (unpaired) electrons. The van der Waals surface area contributed by atoms with Crippen molar-refractivity contribution in [1.82, 2.24) is 14.9 Å². The molecule has 31 heavy (non-hydrogen) atoms. The van der Waals surface area contributed by atoms with E-state index >= 15 is 0 Å². The predicted molar refractivity (Wildman–Crippen MR) is 122 cm³/mol. The largest absolute Gasteiger partial charge is 0.390 e. The smallest absolute Gasteiger partial charge is 0.251 e. The Kier molecular flexibility index (Phi) is 9.14. The molecule has 0 saturated carbocycles. The third-order valence-corrected chi connectivity index (χ3v) is 6.39. The summed E-state index contributed by atoms with van der Waals surface area (Å²) in [5.74, 6) is -0.673. The van der Waals surface area contributed by atoms with Crippen molar-refractivity contribution in [3.63, 3.8) is 0 Å². The molecule has 7 nitrogen and oxygen atoms in total. The van der Waals surface area contributed by atoms with Crippen LogP contribution in [0.4, 0.5) is 0 Å². The maximum Gasteiger partial charge on any atom is 0.251 e. The van der Waals surface area contributed by atoms with Crippen molar-refractivity contribution in [1.29, 1.82) is 0 Å². The molecule has 1 fully saturated rings. The Morgan fingerprint density at radius 3 is 2.45 bits per heavy atom. The van der Waals surface area contributed by atoms with E-state index in [9.17, 15) is 19.8 Å². The van der Waals surface area contributed by atoms with Crippen LogP contribution in [-0.2, 0) is 4.79 Å². The molecule has 4 N–H and O–H groups in total. The molecule has 168 valence electrons. The fraction of sp³-hybridized carbons (Fsp3) is 0.478. The normalized spacial score (nSPS) is 18.3. The van der Waals surface area contributed by atoms with Crippen molar-refractivity contribution < 1.29 is 19.8 Å². The molecule has 2 amide bonds. The summed E-state index contributed by atoms with van der Waals surface area (Å²) < 4.78 is 2.31. The third-order valence-electron chi connectivity index (χ3n) is 5.29. The van der Waals surface area contributed by atoms with Crippen LogP contribution in [-0.4, -0.2) is 64.7 Å². The van der Waals surface area contributed by atoms with Gasteiger partial charge in [-0.1, -0.05) is 18.2 Å². The number of carbonyl (C=O) groups is 2. The lowest BCUT2D eigenvalue weighted by Gasteiger charge is -2.18. The van der Waals surface area contributed by atoms with Gasteiger partial charge in [0.2, 0.25) is 5.91 Å². The van der Waals surface area contributed by atoms with Gasteiger partial charge in [-0.2, -0.15) is 0 Å². The van der Waals surface area contributed by atoms with E-state index in [1.807, 2.05) is 18.2 Å². The lowest BCUT2D eigenvalue weighted by atomic mass is 10.1. The van der Waals surface area contributed by atoms with Crippen molar-refractivity contribution in [2.45, 2.75) is 49.2 Å². The highest BCUT2D eigenvalue weighted by atomic mass is 32.2. The summed E-state index contributed by atoms with van der Waals surface area (Å²) in [4.78, 5) is 25.4. The first-order valence-corrected chi connectivity index (χ1v) is 11.6. The summed E-state index contributed by atoms with van der Waals surface area (Å²) in [7, 11) is 0. The standard InChI is InChI=1S/C23H31N3O4S/c27-20(14-22(29)24-15-17-6-2-1-3-7-17)21(28)16-25-23(30)18-8-10-19(11-9-18)31-26-12-4-5-13-26/h2,6-11,20-21,27-28H,1,3-5,12-16H2,(H,24,29)(H,25,30). The minimum absolute atomic E-state index is 0.133. The van der Waals surface area contributed by atoms with Crippen molar-refractivity contribution in [3.8, 4) is 0 Å². The van der Waals surface area contributed by atoms with E-state index in [4.69, 9.17) is 0 Å². The van der Waals surface area contributed by atoms with E-state index in [-0.39, 0.29) is 24.8 Å². The Morgan fingerprint density at radius 2 is 1.77 bits per heavy atom. The number of allylic oxidation sites excluding steroid dienone is 2. The average Bonchev–Trinajstić information content (AvgIpc) is 3.30. The van der Waals surface area contributed by atoms with Crippen LogP contribution in [0, 0.1) is 0 Å². The van der Waals surface area contributed by atoms with Crippen molar-refractivity contribution in [2.75, 3.05) is 26.2 Å². The van der Waals surface area contributed by atoms with E-state index in [1.54, 1.807) is 24.1 Å². The number of rotatable bonds is 10. The molecule has 2 atom stereocenters. The zero-order chi connectivity index (χ0) is 22.1. The number of aliphatic hydroxyl groups excluding tert-OH is 2. The zero-order valence-corrected chi connectivity index (χ0v) is 18.4. The number of aliphatic hydroxyl groups is 2. The summed E-state index contributed by atoms with van der Waals surface area (Å²) in [6.07, 6.45) is 7.81. The number of nitrogens with zero attached hydrogens (tertiary/aromatic N) is 1. The van der Waals surface area contributed by atoms with E-state index in [0.29, 0.717) is 12.1 Å². The number of hydrogen-bond donors (Lipinski definition) is 4. The third kappa shape index (κ3) is 7.81. The topological polar surface area (TPSA) is 102 Å². The summed E-state index contributed by atoms with van der Waals surface area (Å²) in [6.45, 7) is 2.44. The number of amides is 2. The number of hydrogen-bond acceptors (Lipinski definition) is 6. The number of nitrogens with one attached hydrogen (secondary N) is 2. The van der Waals surface area contributed by atoms with Crippen LogP contribution >= 0.6 is 11.9 Å². The highest BCUT2D eigenvalue weighted by Gasteiger charge is 2.21. The Labute approximate surface area is 187 Å². The molecule has 1 aliphatic carbocycles. The lowest BCUT2D eigenvalue weighted by molar-refractivity contribution is -0.124.